The van der Waals surface area contributed by atoms with Crippen molar-refractivity contribution in [3.05, 3.63) is 6.33 Å². The third-order valence-corrected chi connectivity index (χ3v) is 4.17. The zero-order valence-corrected chi connectivity index (χ0v) is 12.8. The normalized spacial score (nSPS) is 22.4. The first-order valence-corrected chi connectivity index (χ1v) is 7.63. The van der Waals surface area contributed by atoms with Gasteiger partial charge in [0.05, 0.1) is 7.11 Å². The van der Waals surface area contributed by atoms with Gasteiger partial charge in [0.1, 0.15) is 6.33 Å². The standard InChI is InChI=1S/C15H26N4O/c1-4-16-14-13(20-3)15(19-10-18-14)17-9-12-8-6-5-7-11(12)2/h10-12H,4-9H2,1-3H3,(H2,16,17,18,19). The van der Waals surface area contributed by atoms with Crippen molar-refractivity contribution in [2.75, 3.05) is 30.8 Å². The maximum atomic E-state index is 5.45. The molecule has 1 saturated carbocycles. The number of hydrogen-bond acceptors (Lipinski definition) is 5. The minimum absolute atomic E-state index is 0.706. The van der Waals surface area contributed by atoms with E-state index in [1.807, 2.05) is 6.92 Å². The summed E-state index contributed by atoms with van der Waals surface area (Å²) in [5.41, 5.74) is 0. The van der Waals surface area contributed by atoms with Crippen molar-refractivity contribution in [2.45, 2.75) is 39.5 Å². The third kappa shape index (κ3) is 3.52. The summed E-state index contributed by atoms with van der Waals surface area (Å²) in [5.74, 6) is 3.77. The Labute approximate surface area is 121 Å². The second kappa shape index (κ2) is 7.31. The first-order valence-electron chi connectivity index (χ1n) is 7.63. The molecule has 1 fully saturated rings. The Hall–Kier alpha value is -1.52. The highest BCUT2D eigenvalue weighted by Crippen LogP contribution is 2.32. The van der Waals surface area contributed by atoms with Gasteiger partial charge in [-0.1, -0.05) is 26.2 Å². The third-order valence-electron chi connectivity index (χ3n) is 4.17. The largest absolute Gasteiger partial charge is 0.490 e. The summed E-state index contributed by atoms with van der Waals surface area (Å²) in [6.07, 6.45) is 6.95. The minimum Gasteiger partial charge on any atom is -0.490 e. The van der Waals surface area contributed by atoms with E-state index < -0.39 is 0 Å². The molecular formula is C15H26N4O. The highest BCUT2D eigenvalue weighted by atomic mass is 16.5. The van der Waals surface area contributed by atoms with E-state index in [0.717, 1.165) is 36.6 Å². The lowest BCUT2D eigenvalue weighted by atomic mass is 9.80. The predicted molar refractivity (Wildman–Crippen MR) is 82.4 cm³/mol. The Morgan fingerprint density at radius 3 is 2.55 bits per heavy atom. The summed E-state index contributed by atoms with van der Waals surface area (Å²) in [5, 5.41) is 6.65. The topological polar surface area (TPSA) is 59.1 Å². The van der Waals surface area contributed by atoms with Gasteiger partial charge in [-0.3, -0.25) is 0 Å². The van der Waals surface area contributed by atoms with Crippen LogP contribution < -0.4 is 15.4 Å². The molecule has 1 aliphatic carbocycles. The van der Waals surface area contributed by atoms with E-state index >= 15 is 0 Å². The first-order chi connectivity index (χ1) is 9.76. The van der Waals surface area contributed by atoms with Crippen LogP contribution in [0.5, 0.6) is 5.75 Å². The number of nitrogens with one attached hydrogen (secondary N) is 2. The fourth-order valence-corrected chi connectivity index (χ4v) is 2.91. The van der Waals surface area contributed by atoms with E-state index in [9.17, 15) is 0 Å². The Morgan fingerprint density at radius 1 is 1.20 bits per heavy atom. The van der Waals surface area contributed by atoms with Crippen LogP contribution in [0.2, 0.25) is 0 Å². The summed E-state index contributed by atoms with van der Waals surface area (Å²) >= 11 is 0. The first kappa shape index (κ1) is 14.9. The molecule has 2 rings (SSSR count). The molecule has 0 aliphatic heterocycles. The number of rotatable bonds is 6. The van der Waals surface area contributed by atoms with Gasteiger partial charge in [0.25, 0.3) is 0 Å². The number of methoxy groups -OCH3 is 1. The van der Waals surface area contributed by atoms with Crippen LogP contribution in [-0.2, 0) is 0 Å². The molecule has 2 N–H and O–H groups in total. The van der Waals surface area contributed by atoms with Crippen LogP contribution in [0.25, 0.3) is 0 Å². The predicted octanol–water partition coefficient (Wildman–Crippen LogP) is 3.16. The molecule has 0 spiro atoms. The SMILES string of the molecule is CCNc1ncnc(NCC2CCCCC2C)c1OC. The Bertz CT molecular complexity index is 424. The summed E-state index contributed by atoms with van der Waals surface area (Å²) in [7, 11) is 1.66. The lowest BCUT2D eigenvalue weighted by Gasteiger charge is -2.29. The quantitative estimate of drug-likeness (QED) is 0.837. The molecule has 20 heavy (non-hydrogen) atoms. The van der Waals surface area contributed by atoms with Gasteiger partial charge in [-0.2, -0.15) is 0 Å². The number of anilines is 2. The molecular weight excluding hydrogens is 252 g/mol. The maximum Gasteiger partial charge on any atom is 0.204 e. The molecule has 1 aromatic rings. The monoisotopic (exact) mass is 278 g/mol. The van der Waals surface area contributed by atoms with E-state index in [0.29, 0.717) is 5.75 Å². The maximum absolute atomic E-state index is 5.45. The average molecular weight is 278 g/mol. The second-order valence-electron chi connectivity index (χ2n) is 5.54. The van der Waals surface area contributed by atoms with Crippen molar-refractivity contribution in [1.29, 1.82) is 0 Å². The van der Waals surface area contributed by atoms with Gasteiger partial charge in [0, 0.05) is 13.1 Å². The Morgan fingerprint density at radius 2 is 1.90 bits per heavy atom. The van der Waals surface area contributed by atoms with Gasteiger partial charge in [0.15, 0.2) is 11.6 Å². The van der Waals surface area contributed by atoms with Crippen molar-refractivity contribution in [2.24, 2.45) is 11.8 Å². The number of ether oxygens (including phenoxy) is 1. The van der Waals surface area contributed by atoms with Crippen LogP contribution in [0.15, 0.2) is 6.33 Å². The summed E-state index contributed by atoms with van der Waals surface area (Å²) < 4.78 is 5.45. The lowest BCUT2D eigenvalue weighted by molar-refractivity contribution is 0.268. The Kier molecular flexibility index (Phi) is 5.44. The fraction of sp³-hybridized carbons (Fsp3) is 0.733. The second-order valence-corrected chi connectivity index (χ2v) is 5.54. The van der Waals surface area contributed by atoms with Crippen molar-refractivity contribution >= 4 is 11.6 Å². The van der Waals surface area contributed by atoms with E-state index in [1.165, 1.54) is 25.7 Å². The van der Waals surface area contributed by atoms with Gasteiger partial charge >= 0.3 is 0 Å². The van der Waals surface area contributed by atoms with Crippen LogP contribution >= 0.6 is 0 Å². The van der Waals surface area contributed by atoms with Crippen LogP contribution in [0, 0.1) is 11.8 Å². The van der Waals surface area contributed by atoms with Crippen molar-refractivity contribution in [3.63, 3.8) is 0 Å². The minimum atomic E-state index is 0.706. The molecule has 2 unspecified atom stereocenters. The molecule has 1 aliphatic rings. The summed E-state index contributed by atoms with van der Waals surface area (Å²) in [6, 6.07) is 0. The van der Waals surface area contributed by atoms with Gasteiger partial charge in [0.2, 0.25) is 5.75 Å². The number of aromatic nitrogens is 2. The zero-order valence-electron chi connectivity index (χ0n) is 12.8. The van der Waals surface area contributed by atoms with Crippen LogP contribution in [-0.4, -0.2) is 30.2 Å². The van der Waals surface area contributed by atoms with E-state index in [-0.39, 0.29) is 0 Å². The molecule has 2 atom stereocenters. The van der Waals surface area contributed by atoms with Crippen molar-refractivity contribution in [3.8, 4) is 5.75 Å². The highest BCUT2D eigenvalue weighted by Gasteiger charge is 2.22. The molecule has 0 aromatic carbocycles. The Balaban J connectivity index is 2.03. The van der Waals surface area contributed by atoms with Gasteiger partial charge in [-0.15, -0.1) is 0 Å². The lowest BCUT2D eigenvalue weighted by Crippen LogP contribution is -2.25. The van der Waals surface area contributed by atoms with Crippen LogP contribution in [0.3, 0.4) is 0 Å². The molecule has 0 bridgehead atoms. The summed E-state index contributed by atoms with van der Waals surface area (Å²) in [6.45, 7) is 6.16. The van der Waals surface area contributed by atoms with Gasteiger partial charge in [-0.05, 0) is 25.2 Å². The fourth-order valence-electron chi connectivity index (χ4n) is 2.91. The van der Waals surface area contributed by atoms with E-state index in [1.54, 1.807) is 13.4 Å². The smallest absolute Gasteiger partial charge is 0.204 e. The van der Waals surface area contributed by atoms with Gasteiger partial charge in [-0.25, -0.2) is 9.97 Å². The molecule has 1 aromatic heterocycles. The summed E-state index contributed by atoms with van der Waals surface area (Å²) in [4.78, 5) is 8.54. The molecule has 0 radical (unpaired) electrons. The molecule has 0 amide bonds. The van der Waals surface area contributed by atoms with E-state index in [4.69, 9.17) is 4.74 Å². The number of hydrogen-bond donors (Lipinski definition) is 2. The molecule has 1 heterocycles. The van der Waals surface area contributed by atoms with Gasteiger partial charge < -0.3 is 15.4 Å². The van der Waals surface area contributed by atoms with Crippen molar-refractivity contribution < 1.29 is 4.74 Å². The van der Waals surface area contributed by atoms with E-state index in [2.05, 4.69) is 27.5 Å². The average Bonchev–Trinajstić information content (AvgIpc) is 2.47. The molecule has 112 valence electrons. The van der Waals surface area contributed by atoms with Crippen molar-refractivity contribution in [1.82, 2.24) is 9.97 Å². The highest BCUT2D eigenvalue weighted by molar-refractivity contribution is 5.63. The molecule has 0 saturated heterocycles. The zero-order chi connectivity index (χ0) is 14.4. The molecule has 5 nitrogen and oxygen atoms in total. The van der Waals surface area contributed by atoms with Crippen LogP contribution in [0.1, 0.15) is 39.5 Å². The molecule has 5 heteroatoms. The number of nitrogens with zero attached hydrogens (tertiary/aromatic N) is 2. The van der Waals surface area contributed by atoms with Crippen LogP contribution in [0.4, 0.5) is 11.6 Å².